The molecule has 2 aromatic rings. The number of furan rings is 1. The molecule has 6 nitrogen and oxygen atoms in total. The Morgan fingerprint density at radius 3 is 2.44 bits per heavy atom. The molecular weight excluding hydrogens is 320 g/mol. The summed E-state index contributed by atoms with van der Waals surface area (Å²) in [7, 11) is 1.41. The highest BCUT2D eigenvalue weighted by Crippen LogP contribution is 2.26. The van der Waals surface area contributed by atoms with E-state index in [1.807, 2.05) is 31.2 Å². The summed E-state index contributed by atoms with van der Waals surface area (Å²) in [6.07, 6.45) is 2.95. The number of nitrogens with zero attached hydrogens (tertiary/aromatic N) is 2. The zero-order valence-electron chi connectivity index (χ0n) is 14.5. The second-order valence-corrected chi connectivity index (χ2v) is 6.12. The van der Waals surface area contributed by atoms with Crippen molar-refractivity contribution in [3.05, 3.63) is 59.5 Å². The minimum atomic E-state index is -0.447. The minimum absolute atomic E-state index is 0.0427. The molecule has 0 saturated carbocycles. The van der Waals surface area contributed by atoms with E-state index in [1.54, 1.807) is 11.0 Å². The van der Waals surface area contributed by atoms with Crippen LogP contribution in [-0.2, 0) is 9.53 Å². The first-order valence-corrected chi connectivity index (χ1v) is 8.30. The highest BCUT2D eigenvalue weighted by molar-refractivity contribution is 5.93. The van der Waals surface area contributed by atoms with Gasteiger partial charge in [0.2, 0.25) is 0 Å². The largest absolute Gasteiger partial charge is 0.472 e. The van der Waals surface area contributed by atoms with Crippen molar-refractivity contribution in [2.24, 2.45) is 0 Å². The van der Waals surface area contributed by atoms with E-state index in [-0.39, 0.29) is 11.9 Å². The Morgan fingerprint density at radius 1 is 1.12 bits per heavy atom. The van der Waals surface area contributed by atoms with Crippen LogP contribution in [0.25, 0.3) is 0 Å². The third-order valence-corrected chi connectivity index (χ3v) is 4.64. The van der Waals surface area contributed by atoms with Crippen molar-refractivity contribution >= 4 is 11.9 Å². The zero-order valence-corrected chi connectivity index (χ0v) is 14.5. The van der Waals surface area contributed by atoms with Crippen LogP contribution in [0.4, 0.5) is 0 Å². The van der Waals surface area contributed by atoms with Gasteiger partial charge in [0.25, 0.3) is 5.91 Å². The monoisotopic (exact) mass is 342 g/mol. The number of piperazine rings is 1. The number of benzene rings is 1. The third kappa shape index (κ3) is 3.58. The average molecular weight is 342 g/mol. The lowest BCUT2D eigenvalue weighted by atomic mass is 9.99. The Balaban J connectivity index is 1.73. The van der Waals surface area contributed by atoms with Crippen molar-refractivity contribution in [1.29, 1.82) is 0 Å². The lowest BCUT2D eigenvalue weighted by molar-refractivity contribution is -0.148. The predicted molar refractivity (Wildman–Crippen MR) is 92.1 cm³/mol. The van der Waals surface area contributed by atoms with Crippen molar-refractivity contribution in [3.8, 4) is 0 Å². The molecule has 25 heavy (non-hydrogen) atoms. The standard InChI is InChI=1S/C19H22N2O4/c1-14-5-3-4-6-16(14)17(19(23)24-2)20-8-10-21(11-9-20)18(22)15-7-12-25-13-15/h3-7,12-13,17H,8-11H2,1-2H3/t17-/m1/s1. The Morgan fingerprint density at radius 2 is 1.84 bits per heavy atom. The molecule has 6 heteroatoms. The van der Waals surface area contributed by atoms with Gasteiger partial charge < -0.3 is 14.1 Å². The zero-order chi connectivity index (χ0) is 17.8. The second-order valence-electron chi connectivity index (χ2n) is 6.12. The molecule has 1 amide bonds. The molecule has 2 heterocycles. The topological polar surface area (TPSA) is 63.0 Å². The molecular formula is C19H22N2O4. The molecule has 1 aliphatic rings. The fraction of sp³-hybridized carbons (Fsp3) is 0.368. The summed E-state index contributed by atoms with van der Waals surface area (Å²) in [5, 5.41) is 0. The quantitative estimate of drug-likeness (QED) is 0.798. The predicted octanol–water partition coefficient (Wildman–Crippen LogP) is 2.26. The van der Waals surface area contributed by atoms with Crippen molar-refractivity contribution in [2.45, 2.75) is 13.0 Å². The summed E-state index contributed by atoms with van der Waals surface area (Å²) in [5.41, 5.74) is 2.55. The van der Waals surface area contributed by atoms with E-state index in [0.717, 1.165) is 11.1 Å². The van der Waals surface area contributed by atoms with Crippen molar-refractivity contribution in [2.75, 3.05) is 33.3 Å². The van der Waals surface area contributed by atoms with Gasteiger partial charge in [-0.25, -0.2) is 4.79 Å². The highest BCUT2D eigenvalue weighted by atomic mass is 16.5. The molecule has 132 valence electrons. The van der Waals surface area contributed by atoms with E-state index in [2.05, 4.69) is 4.90 Å². The minimum Gasteiger partial charge on any atom is -0.472 e. The lowest BCUT2D eigenvalue weighted by Crippen LogP contribution is -2.51. The first kappa shape index (κ1) is 17.2. The molecule has 1 atom stereocenters. The van der Waals surface area contributed by atoms with Crippen LogP contribution in [0.15, 0.2) is 47.3 Å². The molecule has 0 bridgehead atoms. The summed E-state index contributed by atoms with van der Waals surface area (Å²) < 4.78 is 10.0. The van der Waals surface area contributed by atoms with E-state index >= 15 is 0 Å². The van der Waals surface area contributed by atoms with Crippen LogP contribution >= 0.6 is 0 Å². The van der Waals surface area contributed by atoms with E-state index < -0.39 is 6.04 Å². The van der Waals surface area contributed by atoms with Crippen molar-refractivity contribution in [1.82, 2.24) is 9.80 Å². The second kappa shape index (κ2) is 7.53. The van der Waals surface area contributed by atoms with Crippen LogP contribution in [0, 0.1) is 6.92 Å². The normalized spacial score (nSPS) is 16.5. The Kier molecular flexibility index (Phi) is 5.19. The van der Waals surface area contributed by atoms with Crippen molar-refractivity contribution < 1.29 is 18.7 Å². The van der Waals surface area contributed by atoms with Crippen LogP contribution in [0.1, 0.15) is 27.5 Å². The summed E-state index contributed by atoms with van der Waals surface area (Å²) in [5.74, 6) is -0.317. The number of hydrogen-bond acceptors (Lipinski definition) is 5. The number of methoxy groups -OCH3 is 1. The number of aryl methyl sites for hydroxylation is 1. The first-order chi connectivity index (χ1) is 12.1. The average Bonchev–Trinajstić information content (AvgIpc) is 3.18. The molecule has 1 aromatic carbocycles. The smallest absolute Gasteiger partial charge is 0.327 e. The van der Waals surface area contributed by atoms with Gasteiger partial charge in [0.1, 0.15) is 12.3 Å². The van der Waals surface area contributed by atoms with Crippen LogP contribution in [-0.4, -0.2) is 55.0 Å². The van der Waals surface area contributed by atoms with Crippen LogP contribution in [0.5, 0.6) is 0 Å². The number of carbonyl (C=O) groups is 2. The molecule has 1 saturated heterocycles. The van der Waals surface area contributed by atoms with Crippen LogP contribution in [0.2, 0.25) is 0 Å². The Hall–Kier alpha value is -2.60. The van der Waals surface area contributed by atoms with E-state index in [9.17, 15) is 9.59 Å². The van der Waals surface area contributed by atoms with Gasteiger partial charge >= 0.3 is 5.97 Å². The molecule has 0 unspecified atom stereocenters. The van der Waals surface area contributed by atoms with Crippen molar-refractivity contribution in [3.63, 3.8) is 0 Å². The first-order valence-electron chi connectivity index (χ1n) is 8.30. The molecule has 0 aliphatic carbocycles. The number of carbonyl (C=O) groups excluding carboxylic acids is 2. The van der Waals surface area contributed by atoms with Crippen LogP contribution < -0.4 is 0 Å². The summed E-state index contributed by atoms with van der Waals surface area (Å²) >= 11 is 0. The Bertz CT molecular complexity index is 734. The summed E-state index contributed by atoms with van der Waals surface area (Å²) in [6.45, 7) is 4.33. The van der Waals surface area contributed by atoms with Gasteiger partial charge in [-0.2, -0.15) is 0 Å². The number of amides is 1. The molecule has 0 radical (unpaired) electrons. The van der Waals surface area contributed by atoms with E-state index in [4.69, 9.17) is 9.15 Å². The maximum atomic E-state index is 12.4. The van der Waals surface area contributed by atoms with Gasteiger partial charge in [0, 0.05) is 26.2 Å². The Labute approximate surface area is 147 Å². The molecule has 1 aromatic heterocycles. The lowest BCUT2D eigenvalue weighted by Gasteiger charge is -2.38. The maximum absolute atomic E-state index is 12.4. The number of esters is 1. The summed E-state index contributed by atoms with van der Waals surface area (Å²) in [4.78, 5) is 28.7. The number of ether oxygens (including phenoxy) is 1. The van der Waals surface area contributed by atoms with E-state index in [0.29, 0.717) is 31.7 Å². The summed E-state index contributed by atoms with van der Waals surface area (Å²) in [6, 6.07) is 9.05. The molecule has 1 fully saturated rings. The fourth-order valence-corrected chi connectivity index (χ4v) is 3.23. The molecule has 0 spiro atoms. The number of rotatable bonds is 4. The highest BCUT2D eigenvalue weighted by Gasteiger charge is 2.33. The van der Waals surface area contributed by atoms with Gasteiger partial charge in [-0.15, -0.1) is 0 Å². The van der Waals surface area contributed by atoms with Gasteiger partial charge in [0.05, 0.1) is 18.9 Å². The molecule has 0 N–H and O–H groups in total. The van der Waals surface area contributed by atoms with Crippen LogP contribution in [0.3, 0.4) is 0 Å². The van der Waals surface area contributed by atoms with Gasteiger partial charge in [0.15, 0.2) is 0 Å². The van der Waals surface area contributed by atoms with Gasteiger partial charge in [-0.05, 0) is 24.1 Å². The fourth-order valence-electron chi connectivity index (χ4n) is 3.23. The van der Waals surface area contributed by atoms with Gasteiger partial charge in [-0.1, -0.05) is 24.3 Å². The molecule has 3 rings (SSSR count). The third-order valence-electron chi connectivity index (χ3n) is 4.64. The maximum Gasteiger partial charge on any atom is 0.327 e. The van der Waals surface area contributed by atoms with E-state index in [1.165, 1.54) is 19.6 Å². The van der Waals surface area contributed by atoms with Gasteiger partial charge in [-0.3, -0.25) is 9.69 Å². The SMILES string of the molecule is COC(=O)[C@@H](c1ccccc1C)N1CCN(C(=O)c2ccoc2)CC1. The number of hydrogen-bond donors (Lipinski definition) is 0. The molecule has 1 aliphatic heterocycles.